The molecule has 0 saturated carbocycles. The Kier molecular flexibility index (Phi) is 4.47. The highest BCUT2D eigenvalue weighted by Crippen LogP contribution is 2.18. The first-order chi connectivity index (χ1) is 7.82. The fourth-order valence-corrected chi connectivity index (χ4v) is 3.34. The molecule has 0 bridgehead atoms. The van der Waals surface area contributed by atoms with E-state index in [2.05, 4.69) is 5.32 Å². The van der Waals surface area contributed by atoms with Crippen LogP contribution in [0.4, 0.5) is 0 Å². The van der Waals surface area contributed by atoms with Gasteiger partial charge in [0, 0.05) is 13.0 Å². The molecule has 0 aromatic carbocycles. The number of nitrogens with one attached hydrogen (secondary N) is 1. The van der Waals surface area contributed by atoms with Gasteiger partial charge in [-0.2, -0.15) is 0 Å². The SMILES string of the molecule is O=C(NCC[C@H](O)C(=O)O)C1CCS(=O)(=O)C1. The van der Waals surface area contributed by atoms with Crippen molar-refractivity contribution in [3.05, 3.63) is 0 Å². The van der Waals surface area contributed by atoms with Crippen LogP contribution in [-0.2, 0) is 19.4 Å². The number of hydrogen-bond acceptors (Lipinski definition) is 5. The number of hydrogen-bond donors (Lipinski definition) is 3. The van der Waals surface area contributed by atoms with Gasteiger partial charge in [-0.15, -0.1) is 0 Å². The van der Waals surface area contributed by atoms with Crippen LogP contribution in [0.5, 0.6) is 0 Å². The van der Waals surface area contributed by atoms with Gasteiger partial charge < -0.3 is 15.5 Å². The molecule has 1 aliphatic rings. The molecule has 0 spiro atoms. The summed E-state index contributed by atoms with van der Waals surface area (Å²) in [5, 5.41) is 19.7. The van der Waals surface area contributed by atoms with Crippen molar-refractivity contribution in [2.45, 2.75) is 18.9 Å². The molecule has 98 valence electrons. The van der Waals surface area contributed by atoms with E-state index in [4.69, 9.17) is 10.2 Å². The minimum Gasteiger partial charge on any atom is -0.479 e. The third kappa shape index (κ3) is 4.31. The Hall–Kier alpha value is -1.15. The maximum absolute atomic E-state index is 11.5. The number of rotatable bonds is 5. The molecular formula is C9H15NO6S. The lowest BCUT2D eigenvalue weighted by atomic mass is 10.1. The molecule has 0 aromatic heterocycles. The Morgan fingerprint density at radius 1 is 1.41 bits per heavy atom. The van der Waals surface area contributed by atoms with Gasteiger partial charge in [-0.1, -0.05) is 0 Å². The number of aliphatic hydroxyl groups is 1. The third-order valence-corrected chi connectivity index (χ3v) is 4.37. The second-order valence-corrected chi connectivity index (χ2v) is 6.26. The molecule has 2 atom stereocenters. The summed E-state index contributed by atoms with van der Waals surface area (Å²) in [5.74, 6) is -2.43. The van der Waals surface area contributed by atoms with Crippen LogP contribution in [0, 0.1) is 5.92 Å². The van der Waals surface area contributed by atoms with Gasteiger partial charge in [0.05, 0.1) is 17.4 Å². The smallest absolute Gasteiger partial charge is 0.332 e. The first kappa shape index (κ1) is 13.9. The number of sulfone groups is 1. The number of amides is 1. The molecule has 1 fully saturated rings. The maximum atomic E-state index is 11.5. The van der Waals surface area contributed by atoms with Crippen LogP contribution in [-0.4, -0.2) is 54.7 Å². The molecule has 0 aromatic rings. The van der Waals surface area contributed by atoms with Crippen molar-refractivity contribution in [3.63, 3.8) is 0 Å². The van der Waals surface area contributed by atoms with Crippen molar-refractivity contribution in [2.75, 3.05) is 18.1 Å². The number of aliphatic hydroxyl groups excluding tert-OH is 1. The van der Waals surface area contributed by atoms with E-state index in [1.165, 1.54) is 0 Å². The molecule has 7 nitrogen and oxygen atoms in total. The van der Waals surface area contributed by atoms with Gasteiger partial charge >= 0.3 is 5.97 Å². The van der Waals surface area contributed by atoms with Crippen molar-refractivity contribution < 1.29 is 28.2 Å². The number of carboxylic acid groups (broad SMARTS) is 1. The van der Waals surface area contributed by atoms with Gasteiger partial charge in [0.1, 0.15) is 0 Å². The van der Waals surface area contributed by atoms with Crippen LogP contribution < -0.4 is 5.32 Å². The summed E-state index contributed by atoms with van der Waals surface area (Å²) in [4.78, 5) is 21.8. The number of carbonyl (C=O) groups excluding carboxylic acids is 1. The fourth-order valence-electron chi connectivity index (χ4n) is 1.60. The molecule has 0 radical (unpaired) electrons. The van der Waals surface area contributed by atoms with Crippen LogP contribution in [0.1, 0.15) is 12.8 Å². The predicted molar refractivity (Wildman–Crippen MR) is 58.0 cm³/mol. The standard InChI is InChI=1S/C9H15NO6S/c11-7(9(13)14)1-3-10-8(12)6-2-4-17(15,16)5-6/h6-7,11H,1-5H2,(H,10,12)(H,13,14)/t6?,7-/m0/s1. The normalized spacial score (nSPS) is 24.2. The Labute approximate surface area is 98.7 Å². The second kappa shape index (κ2) is 5.46. The van der Waals surface area contributed by atoms with Gasteiger partial charge in [0.2, 0.25) is 5.91 Å². The van der Waals surface area contributed by atoms with E-state index < -0.39 is 33.7 Å². The van der Waals surface area contributed by atoms with E-state index in [1.807, 2.05) is 0 Å². The monoisotopic (exact) mass is 265 g/mol. The van der Waals surface area contributed by atoms with Gasteiger partial charge in [-0.25, -0.2) is 13.2 Å². The highest BCUT2D eigenvalue weighted by molar-refractivity contribution is 7.91. The van der Waals surface area contributed by atoms with E-state index in [9.17, 15) is 18.0 Å². The molecule has 1 saturated heterocycles. The molecule has 1 aliphatic heterocycles. The van der Waals surface area contributed by atoms with Gasteiger partial charge in [0.15, 0.2) is 15.9 Å². The molecular weight excluding hydrogens is 250 g/mol. The highest BCUT2D eigenvalue weighted by Gasteiger charge is 2.32. The quantitative estimate of drug-likeness (QED) is 0.549. The third-order valence-electron chi connectivity index (χ3n) is 2.61. The summed E-state index contributed by atoms with van der Waals surface area (Å²) < 4.78 is 22.2. The molecule has 1 heterocycles. The van der Waals surface area contributed by atoms with E-state index in [0.29, 0.717) is 6.42 Å². The lowest BCUT2D eigenvalue weighted by Crippen LogP contribution is -2.34. The zero-order valence-electron chi connectivity index (χ0n) is 9.13. The van der Waals surface area contributed by atoms with Crippen LogP contribution in [0.3, 0.4) is 0 Å². The second-order valence-electron chi connectivity index (χ2n) is 4.03. The van der Waals surface area contributed by atoms with Gasteiger partial charge in [0.25, 0.3) is 0 Å². The zero-order valence-corrected chi connectivity index (χ0v) is 9.94. The summed E-state index contributed by atoms with van der Waals surface area (Å²) in [6.07, 6.45) is -1.31. The predicted octanol–water partition coefficient (Wildman–Crippen LogP) is -1.63. The molecule has 0 aliphatic carbocycles. The van der Waals surface area contributed by atoms with Crippen LogP contribution in [0.2, 0.25) is 0 Å². The maximum Gasteiger partial charge on any atom is 0.332 e. The Balaban J connectivity index is 2.29. The van der Waals surface area contributed by atoms with Crippen LogP contribution in [0.25, 0.3) is 0 Å². The number of aliphatic carboxylic acids is 1. The summed E-state index contributed by atoms with van der Waals surface area (Å²) >= 11 is 0. The summed E-state index contributed by atoms with van der Waals surface area (Å²) in [5.41, 5.74) is 0. The zero-order chi connectivity index (χ0) is 13.1. The lowest BCUT2D eigenvalue weighted by Gasteiger charge is -2.10. The number of carbonyl (C=O) groups is 2. The molecule has 3 N–H and O–H groups in total. The molecule has 8 heteroatoms. The minimum atomic E-state index is -3.10. The van der Waals surface area contributed by atoms with Crippen molar-refractivity contribution in [1.29, 1.82) is 0 Å². The van der Waals surface area contributed by atoms with Crippen molar-refractivity contribution >= 4 is 21.7 Å². The average molecular weight is 265 g/mol. The van der Waals surface area contributed by atoms with Crippen molar-refractivity contribution in [2.24, 2.45) is 5.92 Å². The van der Waals surface area contributed by atoms with E-state index in [1.54, 1.807) is 0 Å². The Morgan fingerprint density at radius 3 is 2.53 bits per heavy atom. The fraction of sp³-hybridized carbons (Fsp3) is 0.778. The highest BCUT2D eigenvalue weighted by atomic mass is 32.2. The number of carboxylic acids is 1. The van der Waals surface area contributed by atoms with Crippen LogP contribution in [0.15, 0.2) is 0 Å². The minimum absolute atomic E-state index is 0.0167. The van der Waals surface area contributed by atoms with Crippen molar-refractivity contribution in [3.8, 4) is 0 Å². The van der Waals surface area contributed by atoms with Gasteiger partial charge in [-0.05, 0) is 6.42 Å². The first-order valence-corrected chi connectivity index (χ1v) is 7.03. The molecule has 17 heavy (non-hydrogen) atoms. The van der Waals surface area contributed by atoms with E-state index in [0.717, 1.165) is 0 Å². The van der Waals surface area contributed by atoms with E-state index >= 15 is 0 Å². The van der Waals surface area contributed by atoms with Gasteiger partial charge in [-0.3, -0.25) is 4.79 Å². The molecule has 1 amide bonds. The summed E-state index contributed by atoms with van der Waals surface area (Å²) in [7, 11) is -3.10. The molecule has 1 rings (SSSR count). The summed E-state index contributed by atoms with van der Waals surface area (Å²) in [6.45, 7) is 0.0167. The average Bonchev–Trinajstić information content (AvgIpc) is 2.58. The van der Waals surface area contributed by atoms with E-state index in [-0.39, 0.29) is 24.5 Å². The summed E-state index contributed by atoms with van der Waals surface area (Å²) in [6, 6.07) is 0. The lowest BCUT2D eigenvalue weighted by molar-refractivity contribution is -0.147. The van der Waals surface area contributed by atoms with Crippen LogP contribution >= 0.6 is 0 Å². The largest absolute Gasteiger partial charge is 0.479 e. The Bertz CT molecular complexity index is 404. The van der Waals surface area contributed by atoms with Crippen molar-refractivity contribution in [1.82, 2.24) is 5.32 Å². The topological polar surface area (TPSA) is 121 Å². The Morgan fingerprint density at radius 2 is 2.06 bits per heavy atom. The molecule has 1 unspecified atom stereocenters. The first-order valence-electron chi connectivity index (χ1n) is 5.21.